The van der Waals surface area contributed by atoms with Crippen LogP contribution in [-0.4, -0.2) is 79.4 Å². The van der Waals surface area contributed by atoms with Crippen molar-refractivity contribution in [2.24, 2.45) is 5.92 Å². The second kappa shape index (κ2) is 8.22. The zero-order valence-electron chi connectivity index (χ0n) is 19.6. The molecule has 1 aliphatic carbocycles. The molecule has 4 rings (SSSR count). The van der Waals surface area contributed by atoms with Crippen molar-refractivity contribution in [3.63, 3.8) is 0 Å². The number of amides is 2. The number of rotatable bonds is 6. The van der Waals surface area contributed by atoms with Gasteiger partial charge in [-0.1, -0.05) is 13.8 Å². The molecule has 0 aromatic carbocycles. The highest BCUT2D eigenvalue weighted by atomic mass is 32.2. The monoisotopic (exact) mass is 462 g/mol. The number of piperazine rings is 1. The topological polar surface area (TPSA) is 90.3 Å². The highest BCUT2D eigenvalue weighted by Gasteiger charge is 2.41. The van der Waals surface area contributed by atoms with Gasteiger partial charge in [-0.2, -0.15) is 0 Å². The van der Waals surface area contributed by atoms with Crippen LogP contribution in [0.15, 0.2) is 23.4 Å². The number of nitrogens with zero attached hydrogens (tertiary/aromatic N) is 5. The van der Waals surface area contributed by atoms with E-state index in [1.165, 1.54) is 0 Å². The van der Waals surface area contributed by atoms with Crippen LogP contribution in [0.1, 0.15) is 39.3 Å². The number of imidazole rings is 1. The first-order valence-corrected chi connectivity index (χ1v) is 12.7. The Balaban J connectivity index is 1.71. The summed E-state index contributed by atoms with van der Waals surface area (Å²) in [7, 11) is -0.162. The molecule has 1 saturated heterocycles. The molecule has 0 bridgehead atoms. The molecule has 2 fully saturated rings. The maximum absolute atomic E-state index is 13.2. The number of carbonyl (C=O) groups excluding carboxylic acids is 1. The predicted octanol–water partition coefficient (Wildman–Crippen LogP) is 2.17. The van der Waals surface area contributed by atoms with Gasteiger partial charge in [0.05, 0.1) is 5.69 Å². The van der Waals surface area contributed by atoms with Crippen LogP contribution in [0.4, 0.5) is 10.5 Å². The summed E-state index contributed by atoms with van der Waals surface area (Å²) in [6.07, 6.45) is 6.06. The van der Waals surface area contributed by atoms with Crippen molar-refractivity contribution in [3.8, 4) is 0 Å². The van der Waals surface area contributed by atoms with E-state index >= 15 is 0 Å². The average molecular weight is 463 g/mol. The minimum absolute atomic E-state index is 0.00645. The summed E-state index contributed by atoms with van der Waals surface area (Å²) in [5.74, 6) is 0.419. The van der Waals surface area contributed by atoms with Gasteiger partial charge in [-0.25, -0.2) is 22.9 Å². The zero-order valence-corrected chi connectivity index (χ0v) is 20.4. The molecule has 2 aliphatic rings. The van der Waals surface area contributed by atoms with Crippen molar-refractivity contribution in [1.29, 1.82) is 0 Å². The number of anilines is 1. The Hall–Kier alpha value is -2.33. The van der Waals surface area contributed by atoms with Gasteiger partial charge in [0.15, 0.2) is 5.65 Å². The maximum atomic E-state index is 13.2. The average Bonchev–Trinajstić information content (AvgIpc) is 3.31. The van der Waals surface area contributed by atoms with Gasteiger partial charge in [-0.05, 0) is 38.2 Å². The number of nitrogens with one attached hydrogen (secondary N) is 1. The predicted molar refractivity (Wildman–Crippen MR) is 125 cm³/mol. The third-order valence-electron chi connectivity index (χ3n) is 6.22. The van der Waals surface area contributed by atoms with Gasteiger partial charge in [0, 0.05) is 63.9 Å². The Bertz CT molecular complexity index is 1110. The van der Waals surface area contributed by atoms with Crippen LogP contribution in [-0.2, 0) is 16.4 Å². The van der Waals surface area contributed by atoms with Crippen LogP contribution in [0.3, 0.4) is 0 Å². The molecule has 0 atom stereocenters. The molecule has 0 radical (unpaired) electrons. The van der Waals surface area contributed by atoms with Gasteiger partial charge in [0.2, 0.25) is 10.0 Å². The first-order valence-electron chi connectivity index (χ1n) is 11.2. The summed E-state index contributed by atoms with van der Waals surface area (Å²) in [6.45, 7) is 8.61. The molecular weight excluding hydrogens is 428 g/mol. The van der Waals surface area contributed by atoms with Crippen molar-refractivity contribution in [2.75, 3.05) is 45.2 Å². The lowest BCUT2D eigenvalue weighted by Gasteiger charge is -2.37. The van der Waals surface area contributed by atoms with Gasteiger partial charge < -0.3 is 19.1 Å². The quantitative estimate of drug-likeness (QED) is 0.711. The van der Waals surface area contributed by atoms with E-state index in [0.29, 0.717) is 32.1 Å². The first-order chi connectivity index (χ1) is 15.0. The molecule has 0 spiro atoms. The summed E-state index contributed by atoms with van der Waals surface area (Å²) in [5.41, 5.74) is 2.19. The molecule has 9 nitrogen and oxygen atoms in total. The summed E-state index contributed by atoms with van der Waals surface area (Å²) in [5, 5.41) is 0. The number of hydrogen-bond donors (Lipinski definition) is 1. The van der Waals surface area contributed by atoms with Crippen molar-refractivity contribution >= 4 is 27.4 Å². The minimum Gasteiger partial charge on any atom is -0.365 e. The molecule has 176 valence electrons. The van der Waals surface area contributed by atoms with Gasteiger partial charge in [-0.15, -0.1) is 0 Å². The van der Waals surface area contributed by atoms with E-state index in [-0.39, 0.29) is 16.5 Å². The van der Waals surface area contributed by atoms with E-state index in [4.69, 9.17) is 0 Å². The van der Waals surface area contributed by atoms with Crippen molar-refractivity contribution in [1.82, 2.24) is 23.9 Å². The third-order valence-corrected chi connectivity index (χ3v) is 7.83. The molecule has 1 aliphatic heterocycles. The van der Waals surface area contributed by atoms with Crippen LogP contribution in [0.25, 0.3) is 5.65 Å². The molecule has 2 aromatic heterocycles. The Labute approximate surface area is 190 Å². The van der Waals surface area contributed by atoms with Crippen LogP contribution in [0.5, 0.6) is 0 Å². The summed E-state index contributed by atoms with van der Waals surface area (Å²) in [4.78, 5) is 22.8. The Morgan fingerprint density at radius 1 is 1.22 bits per heavy atom. The van der Waals surface area contributed by atoms with E-state index in [9.17, 15) is 13.2 Å². The summed E-state index contributed by atoms with van der Waals surface area (Å²) < 4.78 is 31.2. The zero-order chi connectivity index (χ0) is 23.3. The van der Waals surface area contributed by atoms with Crippen LogP contribution >= 0.6 is 0 Å². The molecule has 0 unspecified atom stereocenters. The van der Waals surface area contributed by atoms with Crippen molar-refractivity contribution in [2.45, 2.75) is 50.5 Å². The fourth-order valence-corrected chi connectivity index (χ4v) is 5.62. The number of pyridine rings is 1. The fourth-order valence-electron chi connectivity index (χ4n) is 4.14. The van der Waals surface area contributed by atoms with Gasteiger partial charge in [0.25, 0.3) is 0 Å². The van der Waals surface area contributed by atoms with Gasteiger partial charge >= 0.3 is 6.03 Å². The SMILES string of the molecule is CC(C)Cc1cnc2c(N3CCN(C(=O)N(C)C)CC3)cc(S(=O)(=O)NC3(C)CC3)cn12. The molecule has 32 heavy (non-hydrogen) atoms. The lowest BCUT2D eigenvalue weighted by molar-refractivity contribution is 0.168. The number of aromatic nitrogens is 2. The maximum Gasteiger partial charge on any atom is 0.319 e. The highest BCUT2D eigenvalue weighted by molar-refractivity contribution is 7.89. The number of hydrogen-bond acceptors (Lipinski definition) is 5. The normalized spacial score (nSPS) is 18.4. The van der Waals surface area contributed by atoms with Crippen LogP contribution < -0.4 is 9.62 Å². The molecular formula is C22H34N6O3S. The summed E-state index contributed by atoms with van der Waals surface area (Å²) >= 11 is 0. The molecule has 1 N–H and O–H groups in total. The number of urea groups is 1. The van der Waals surface area contributed by atoms with E-state index in [1.807, 2.05) is 22.4 Å². The smallest absolute Gasteiger partial charge is 0.319 e. The van der Waals surface area contributed by atoms with E-state index in [2.05, 4.69) is 28.5 Å². The number of carbonyl (C=O) groups is 1. The van der Waals surface area contributed by atoms with Crippen molar-refractivity contribution < 1.29 is 13.2 Å². The van der Waals surface area contributed by atoms with Gasteiger partial charge in [0.1, 0.15) is 4.90 Å². The lowest BCUT2D eigenvalue weighted by atomic mass is 10.1. The Morgan fingerprint density at radius 2 is 1.88 bits per heavy atom. The molecule has 1 saturated carbocycles. The first kappa shape index (κ1) is 22.8. The highest BCUT2D eigenvalue weighted by Crippen LogP contribution is 2.36. The molecule has 10 heteroatoms. The minimum atomic E-state index is -3.66. The number of fused-ring (bicyclic) bond motifs is 1. The van der Waals surface area contributed by atoms with E-state index < -0.39 is 10.0 Å². The van der Waals surface area contributed by atoms with E-state index in [1.54, 1.807) is 31.3 Å². The second-order valence-corrected chi connectivity index (χ2v) is 11.6. The second-order valence-electron chi connectivity index (χ2n) is 9.92. The van der Waals surface area contributed by atoms with E-state index in [0.717, 1.165) is 36.3 Å². The largest absolute Gasteiger partial charge is 0.365 e. The van der Waals surface area contributed by atoms with Crippen LogP contribution in [0.2, 0.25) is 0 Å². The molecule has 2 aromatic rings. The molecule has 2 amide bonds. The Morgan fingerprint density at radius 3 is 2.44 bits per heavy atom. The lowest BCUT2D eigenvalue weighted by Crippen LogP contribution is -2.51. The third kappa shape index (κ3) is 4.56. The van der Waals surface area contributed by atoms with Crippen molar-refractivity contribution in [3.05, 3.63) is 24.2 Å². The number of sulfonamides is 1. The summed E-state index contributed by atoms with van der Waals surface area (Å²) in [6, 6.07) is 1.73. The van der Waals surface area contributed by atoms with Crippen LogP contribution in [0, 0.1) is 5.92 Å². The fraction of sp³-hybridized carbons (Fsp3) is 0.636. The van der Waals surface area contributed by atoms with Gasteiger partial charge in [-0.3, -0.25) is 0 Å². The Kier molecular flexibility index (Phi) is 5.87. The molecule has 3 heterocycles. The standard InChI is InChI=1S/C22H34N6O3S/c1-16(2)12-17-14-23-20-19(26-8-10-27(11-9-26)21(29)25(4)5)13-18(15-28(17)20)32(30,31)24-22(3)6-7-22/h13-16,24H,6-12H2,1-5H3.